The highest BCUT2D eigenvalue weighted by atomic mass is 35.5. The van der Waals surface area contributed by atoms with Gasteiger partial charge in [0.15, 0.2) is 0 Å². The molecule has 0 aliphatic carbocycles. The zero-order chi connectivity index (χ0) is 11.3. The van der Waals surface area contributed by atoms with Gasteiger partial charge in [-0.2, -0.15) is 0 Å². The predicted octanol–water partition coefficient (Wildman–Crippen LogP) is 3.49. The van der Waals surface area contributed by atoms with E-state index < -0.39 is 0 Å². The second-order valence-corrected chi connectivity index (χ2v) is 3.82. The van der Waals surface area contributed by atoms with Gasteiger partial charge < -0.3 is 4.74 Å². The first-order valence-corrected chi connectivity index (χ1v) is 5.49. The fourth-order valence-electron chi connectivity index (χ4n) is 1.23. The topological polar surface area (TPSA) is 26.3 Å². The quantitative estimate of drug-likeness (QED) is 0.761. The van der Waals surface area contributed by atoms with Crippen molar-refractivity contribution in [3.8, 4) is 0 Å². The average Bonchev–Trinajstić information content (AvgIpc) is 2.17. The molecular weight excluding hydrogens is 235 g/mol. The van der Waals surface area contributed by atoms with E-state index in [0.717, 1.165) is 5.56 Å². The van der Waals surface area contributed by atoms with E-state index in [1.807, 2.05) is 0 Å². The molecule has 1 rings (SSSR count). The number of rotatable bonds is 4. The van der Waals surface area contributed by atoms with Crippen molar-refractivity contribution in [2.45, 2.75) is 19.8 Å². The van der Waals surface area contributed by atoms with Gasteiger partial charge in [-0.05, 0) is 31.0 Å². The number of halogens is 2. The van der Waals surface area contributed by atoms with Gasteiger partial charge in [-0.25, -0.2) is 0 Å². The Morgan fingerprint density at radius 1 is 1.33 bits per heavy atom. The molecular formula is C11H12Cl2O2. The molecule has 0 fully saturated rings. The second-order valence-electron chi connectivity index (χ2n) is 3.01. The van der Waals surface area contributed by atoms with Crippen LogP contribution in [0.2, 0.25) is 10.0 Å². The lowest BCUT2D eigenvalue weighted by molar-refractivity contribution is -0.143. The molecule has 0 spiro atoms. The van der Waals surface area contributed by atoms with Crippen LogP contribution in [0.25, 0.3) is 0 Å². The molecule has 2 nitrogen and oxygen atoms in total. The molecule has 0 N–H and O–H groups in total. The highest BCUT2D eigenvalue weighted by Crippen LogP contribution is 2.25. The molecule has 0 aliphatic heterocycles. The van der Waals surface area contributed by atoms with E-state index in [4.69, 9.17) is 27.9 Å². The summed E-state index contributed by atoms with van der Waals surface area (Å²) in [6, 6.07) is 5.29. The zero-order valence-corrected chi connectivity index (χ0v) is 9.94. The first kappa shape index (κ1) is 12.3. The molecule has 0 aromatic heterocycles. The van der Waals surface area contributed by atoms with Gasteiger partial charge in [-0.3, -0.25) is 4.79 Å². The van der Waals surface area contributed by atoms with Crippen LogP contribution in [-0.2, 0) is 16.0 Å². The highest BCUT2D eigenvalue weighted by Gasteiger charge is 2.08. The zero-order valence-electron chi connectivity index (χ0n) is 8.43. The monoisotopic (exact) mass is 246 g/mol. The van der Waals surface area contributed by atoms with Crippen molar-refractivity contribution in [1.82, 2.24) is 0 Å². The second kappa shape index (κ2) is 5.99. The van der Waals surface area contributed by atoms with E-state index in [0.29, 0.717) is 29.5 Å². The molecule has 15 heavy (non-hydrogen) atoms. The van der Waals surface area contributed by atoms with Crippen LogP contribution in [-0.4, -0.2) is 12.6 Å². The first-order chi connectivity index (χ1) is 7.15. The van der Waals surface area contributed by atoms with Crippen molar-refractivity contribution in [3.63, 3.8) is 0 Å². The Hall–Kier alpha value is -0.730. The Morgan fingerprint density at radius 2 is 1.93 bits per heavy atom. The maximum Gasteiger partial charge on any atom is 0.306 e. The molecule has 0 unspecified atom stereocenters. The molecule has 0 amide bonds. The minimum Gasteiger partial charge on any atom is -0.466 e. The highest BCUT2D eigenvalue weighted by molar-refractivity contribution is 6.36. The lowest BCUT2D eigenvalue weighted by Crippen LogP contribution is -2.05. The molecule has 0 atom stereocenters. The Morgan fingerprint density at radius 3 is 2.47 bits per heavy atom. The van der Waals surface area contributed by atoms with Crippen molar-refractivity contribution in [3.05, 3.63) is 33.8 Å². The largest absolute Gasteiger partial charge is 0.466 e. The summed E-state index contributed by atoms with van der Waals surface area (Å²) in [4.78, 5) is 11.1. The smallest absolute Gasteiger partial charge is 0.306 e. The maximum absolute atomic E-state index is 11.1. The van der Waals surface area contributed by atoms with E-state index in [1.54, 1.807) is 25.1 Å². The molecule has 0 radical (unpaired) electrons. The SMILES string of the molecule is CCOC(=O)CCc1c(Cl)cccc1Cl. The maximum atomic E-state index is 11.1. The molecule has 0 heterocycles. The van der Waals surface area contributed by atoms with Crippen molar-refractivity contribution in [2.75, 3.05) is 6.61 Å². The molecule has 0 saturated heterocycles. The predicted molar refractivity (Wildman–Crippen MR) is 61.4 cm³/mol. The third kappa shape index (κ3) is 3.73. The van der Waals surface area contributed by atoms with Crippen molar-refractivity contribution < 1.29 is 9.53 Å². The number of hydrogen-bond donors (Lipinski definition) is 0. The molecule has 1 aromatic rings. The van der Waals surface area contributed by atoms with Crippen LogP contribution >= 0.6 is 23.2 Å². The van der Waals surface area contributed by atoms with E-state index >= 15 is 0 Å². The van der Waals surface area contributed by atoms with Gasteiger partial charge in [0.25, 0.3) is 0 Å². The summed E-state index contributed by atoms with van der Waals surface area (Å²) < 4.78 is 4.82. The van der Waals surface area contributed by atoms with Crippen LogP contribution in [0, 0.1) is 0 Å². The van der Waals surface area contributed by atoms with Crippen LogP contribution in [0.1, 0.15) is 18.9 Å². The Labute approximate surface area is 99.1 Å². The van der Waals surface area contributed by atoms with E-state index in [1.165, 1.54) is 0 Å². The molecule has 82 valence electrons. The molecule has 1 aromatic carbocycles. The lowest BCUT2D eigenvalue weighted by Gasteiger charge is -2.06. The van der Waals surface area contributed by atoms with Gasteiger partial charge in [0, 0.05) is 16.5 Å². The van der Waals surface area contributed by atoms with Crippen LogP contribution in [0.3, 0.4) is 0 Å². The van der Waals surface area contributed by atoms with E-state index in [2.05, 4.69) is 0 Å². The Bertz CT molecular complexity index is 330. The standard InChI is InChI=1S/C11H12Cl2O2/c1-2-15-11(14)7-6-8-9(12)4-3-5-10(8)13/h3-5H,2,6-7H2,1H3. The summed E-state index contributed by atoms with van der Waals surface area (Å²) in [5.41, 5.74) is 0.800. The van der Waals surface area contributed by atoms with Gasteiger partial charge in [0.05, 0.1) is 6.61 Å². The first-order valence-electron chi connectivity index (χ1n) is 4.73. The fourth-order valence-corrected chi connectivity index (χ4v) is 1.82. The van der Waals surface area contributed by atoms with Crippen LogP contribution < -0.4 is 0 Å². The summed E-state index contributed by atoms with van der Waals surface area (Å²) in [7, 11) is 0. The number of benzene rings is 1. The van der Waals surface area contributed by atoms with Crippen molar-refractivity contribution >= 4 is 29.2 Å². The minimum atomic E-state index is -0.228. The Balaban J connectivity index is 2.61. The summed E-state index contributed by atoms with van der Waals surface area (Å²) in [5, 5.41) is 1.18. The van der Waals surface area contributed by atoms with Crippen LogP contribution in [0.15, 0.2) is 18.2 Å². The lowest BCUT2D eigenvalue weighted by atomic mass is 10.1. The number of carbonyl (C=O) groups is 1. The minimum absolute atomic E-state index is 0.228. The summed E-state index contributed by atoms with van der Waals surface area (Å²) >= 11 is 11.9. The average molecular weight is 247 g/mol. The van der Waals surface area contributed by atoms with Gasteiger partial charge in [-0.1, -0.05) is 29.3 Å². The van der Waals surface area contributed by atoms with Crippen LogP contribution in [0.4, 0.5) is 0 Å². The molecule has 0 bridgehead atoms. The molecule has 0 saturated carbocycles. The third-order valence-corrected chi connectivity index (χ3v) is 2.65. The fraction of sp³-hybridized carbons (Fsp3) is 0.364. The number of esters is 1. The van der Waals surface area contributed by atoms with Gasteiger partial charge >= 0.3 is 5.97 Å². The van der Waals surface area contributed by atoms with E-state index in [-0.39, 0.29) is 5.97 Å². The summed E-state index contributed by atoms with van der Waals surface area (Å²) in [6.45, 7) is 2.18. The van der Waals surface area contributed by atoms with Crippen LogP contribution in [0.5, 0.6) is 0 Å². The van der Waals surface area contributed by atoms with E-state index in [9.17, 15) is 4.79 Å². The summed E-state index contributed by atoms with van der Waals surface area (Å²) in [6.07, 6.45) is 0.814. The Kier molecular flexibility index (Phi) is 4.92. The molecule has 4 heteroatoms. The molecule has 0 aliphatic rings. The van der Waals surface area contributed by atoms with Crippen molar-refractivity contribution in [2.24, 2.45) is 0 Å². The third-order valence-electron chi connectivity index (χ3n) is 1.95. The summed E-state index contributed by atoms with van der Waals surface area (Å²) in [5.74, 6) is -0.228. The van der Waals surface area contributed by atoms with Gasteiger partial charge in [0.1, 0.15) is 0 Å². The van der Waals surface area contributed by atoms with Gasteiger partial charge in [0.2, 0.25) is 0 Å². The normalized spacial score (nSPS) is 10.1. The van der Waals surface area contributed by atoms with Crippen molar-refractivity contribution in [1.29, 1.82) is 0 Å². The van der Waals surface area contributed by atoms with Gasteiger partial charge in [-0.15, -0.1) is 0 Å². The number of ether oxygens (including phenoxy) is 1. The number of hydrogen-bond acceptors (Lipinski definition) is 2. The number of carbonyl (C=O) groups excluding carboxylic acids is 1.